The van der Waals surface area contributed by atoms with E-state index >= 15 is 0 Å². The molecule has 2 heterocycles. The van der Waals surface area contributed by atoms with Crippen LogP contribution in [0.3, 0.4) is 0 Å². The number of nitrogens with zero attached hydrogens (tertiary/aromatic N) is 3. The van der Waals surface area contributed by atoms with Crippen LogP contribution < -0.4 is 0 Å². The van der Waals surface area contributed by atoms with Crippen molar-refractivity contribution in [3.05, 3.63) is 71.6 Å². The van der Waals surface area contributed by atoms with Gasteiger partial charge in [-0.15, -0.1) is 0 Å². The lowest BCUT2D eigenvalue weighted by Gasteiger charge is -2.33. The van der Waals surface area contributed by atoms with Crippen molar-refractivity contribution >= 4 is 0 Å². The van der Waals surface area contributed by atoms with Gasteiger partial charge >= 0.3 is 6.18 Å². The molecule has 5 nitrogen and oxygen atoms in total. The van der Waals surface area contributed by atoms with Crippen molar-refractivity contribution < 1.29 is 22.8 Å². The average molecular weight is 417 g/mol. The van der Waals surface area contributed by atoms with Crippen LogP contribution in [0, 0.1) is 5.92 Å². The molecule has 4 rings (SSSR count). The van der Waals surface area contributed by atoms with Crippen LogP contribution in [-0.4, -0.2) is 33.2 Å². The smallest absolute Gasteiger partial charge is 0.388 e. The zero-order valence-corrected chi connectivity index (χ0v) is 16.2. The van der Waals surface area contributed by atoms with E-state index in [0.29, 0.717) is 12.4 Å². The molecule has 1 atom stereocenters. The maximum Gasteiger partial charge on any atom is 0.416 e. The molecule has 0 radical (unpaired) electrons. The van der Waals surface area contributed by atoms with Crippen LogP contribution in [0.25, 0.3) is 11.4 Å². The molecule has 1 fully saturated rings. The van der Waals surface area contributed by atoms with E-state index in [-0.39, 0.29) is 17.3 Å². The Kier molecular flexibility index (Phi) is 5.87. The van der Waals surface area contributed by atoms with Crippen LogP contribution in [0.2, 0.25) is 0 Å². The lowest BCUT2D eigenvalue weighted by atomic mass is 9.87. The number of halogens is 3. The summed E-state index contributed by atoms with van der Waals surface area (Å²) in [4.78, 5) is 6.41. The molecule has 1 aliphatic rings. The zero-order valence-electron chi connectivity index (χ0n) is 16.2. The second-order valence-electron chi connectivity index (χ2n) is 7.56. The minimum Gasteiger partial charge on any atom is -0.388 e. The summed E-state index contributed by atoms with van der Waals surface area (Å²) in [6, 6.07) is 14.5. The van der Waals surface area contributed by atoms with E-state index in [0.717, 1.165) is 43.6 Å². The molecular weight excluding hydrogens is 395 g/mol. The van der Waals surface area contributed by atoms with Crippen LogP contribution in [0.5, 0.6) is 0 Å². The number of alkyl halides is 3. The van der Waals surface area contributed by atoms with Crippen molar-refractivity contribution in [3.8, 4) is 11.4 Å². The van der Waals surface area contributed by atoms with Crippen LogP contribution in [-0.2, 0) is 12.7 Å². The van der Waals surface area contributed by atoms with Gasteiger partial charge in [0.1, 0.15) is 0 Å². The maximum atomic E-state index is 12.9. The van der Waals surface area contributed by atoms with Gasteiger partial charge in [0.25, 0.3) is 0 Å². The molecule has 0 spiro atoms. The third kappa shape index (κ3) is 4.71. The Morgan fingerprint density at radius 3 is 2.50 bits per heavy atom. The first-order valence-electron chi connectivity index (χ1n) is 9.86. The zero-order chi connectivity index (χ0) is 21.1. The highest BCUT2D eigenvalue weighted by Gasteiger charge is 2.31. The van der Waals surface area contributed by atoms with Crippen molar-refractivity contribution in [2.24, 2.45) is 5.92 Å². The first-order chi connectivity index (χ1) is 14.4. The first kappa shape index (κ1) is 20.6. The SMILES string of the molecule is OC(c1ccccc1)C1CCN(Cc2nc(-c3cccc(C(F)(F)F)c3)no2)CC1. The third-order valence-electron chi connectivity index (χ3n) is 5.49. The van der Waals surface area contributed by atoms with Crippen LogP contribution >= 0.6 is 0 Å². The quantitative estimate of drug-likeness (QED) is 0.652. The molecule has 1 aromatic heterocycles. The van der Waals surface area contributed by atoms with E-state index in [9.17, 15) is 18.3 Å². The molecule has 1 saturated heterocycles. The number of rotatable bonds is 5. The van der Waals surface area contributed by atoms with Crippen molar-refractivity contribution in [2.45, 2.75) is 31.7 Å². The van der Waals surface area contributed by atoms with Gasteiger partial charge in [0.05, 0.1) is 18.2 Å². The molecule has 0 saturated carbocycles. The van der Waals surface area contributed by atoms with Gasteiger partial charge in [-0.05, 0) is 49.5 Å². The van der Waals surface area contributed by atoms with Crippen LogP contribution in [0.1, 0.15) is 36.0 Å². The topological polar surface area (TPSA) is 62.4 Å². The Bertz CT molecular complexity index is 967. The molecule has 8 heteroatoms. The standard InChI is InChI=1S/C22H22F3N3O2/c23-22(24,25)18-8-4-7-17(13-18)21-26-19(30-27-21)14-28-11-9-16(10-12-28)20(29)15-5-2-1-3-6-15/h1-8,13,16,20,29H,9-12,14H2. The maximum absolute atomic E-state index is 12.9. The molecule has 30 heavy (non-hydrogen) atoms. The predicted molar refractivity (Wildman–Crippen MR) is 104 cm³/mol. The van der Waals surface area contributed by atoms with E-state index in [1.807, 2.05) is 30.3 Å². The molecule has 3 aromatic rings. The summed E-state index contributed by atoms with van der Waals surface area (Å²) in [5.41, 5.74) is 0.452. The minimum absolute atomic E-state index is 0.144. The Hall–Kier alpha value is -2.71. The highest BCUT2D eigenvalue weighted by atomic mass is 19.4. The molecular formula is C22H22F3N3O2. The fraction of sp³-hybridized carbons (Fsp3) is 0.364. The molecule has 2 aromatic carbocycles. The normalized spacial score (nSPS) is 17.2. The van der Waals surface area contributed by atoms with Gasteiger partial charge in [-0.25, -0.2) is 0 Å². The molecule has 158 valence electrons. The first-order valence-corrected chi connectivity index (χ1v) is 9.86. The Morgan fingerprint density at radius 2 is 1.80 bits per heavy atom. The van der Waals surface area contributed by atoms with Gasteiger partial charge in [0.15, 0.2) is 0 Å². The molecule has 0 amide bonds. The number of aromatic nitrogens is 2. The van der Waals surface area contributed by atoms with Crippen molar-refractivity contribution in [3.63, 3.8) is 0 Å². The number of likely N-dealkylation sites (tertiary alicyclic amines) is 1. The van der Waals surface area contributed by atoms with Gasteiger partial charge in [0, 0.05) is 5.56 Å². The number of piperidine rings is 1. The van der Waals surface area contributed by atoms with E-state index < -0.39 is 17.8 Å². The number of aliphatic hydroxyl groups excluding tert-OH is 1. The number of hydrogen-bond acceptors (Lipinski definition) is 5. The summed E-state index contributed by atoms with van der Waals surface area (Å²) in [6.45, 7) is 1.98. The van der Waals surface area contributed by atoms with E-state index in [1.54, 1.807) is 0 Å². The number of aliphatic hydroxyl groups is 1. The van der Waals surface area contributed by atoms with E-state index in [2.05, 4.69) is 15.0 Å². The summed E-state index contributed by atoms with van der Waals surface area (Å²) < 4.78 is 44.0. The van der Waals surface area contributed by atoms with E-state index in [1.165, 1.54) is 12.1 Å². The Morgan fingerprint density at radius 1 is 1.07 bits per heavy atom. The molecule has 1 aliphatic heterocycles. The van der Waals surface area contributed by atoms with Gasteiger partial charge in [-0.3, -0.25) is 4.90 Å². The van der Waals surface area contributed by atoms with Crippen LogP contribution in [0.4, 0.5) is 13.2 Å². The second kappa shape index (κ2) is 8.57. The highest BCUT2D eigenvalue weighted by molar-refractivity contribution is 5.55. The molecule has 1 N–H and O–H groups in total. The largest absolute Gasteiger partial charge is 0.416 e. The van der Waals surface area contributed by atoms with Gasteiger partial charge in [-0.1, -0.05) is 47.6 Å². The second-order valence-corrected chi connectivity index (χ2v) is 7.56. The summed E-state index contributed by atoms with van der Waals surface area (Å²) in [6.07, 6.45) is -3.23. The summed E-state index contributed by atoms with van der Waals surface area (Å²) in [5.74, 6) is 0.696. The summed E-state index contributed by atoms with van der Waals surface area (Å²) >= 11 is 0. The van der Waals surface area contributed by atoms with Crippen molar-refractivity contribution in [1.82, 2.24) is 15.0 Å². The monoisotopic (exact) mass is 417 g/mol. The Balaban J connectivity index is 1.35. The van der Waals surface area contributed by atoms with E-state index in [4.69, 9.17) is 4.52 Å². The number of hydrogen-bond donors (Lipinski definition) is 1. The van der Waals surface area contributed by atoms with Crippen LogP contribution in [0.15, 0.2) is 59.1 Å². The molecule has 0 bridgehead atoms. The summed E-state index contributed by atoms with van der Waals surface area (Å²) in [7, 11) is 0. The Labute approximate surface area is 172 Å². The average Bonchev–Trinajstić information content (AvgIpc) is 3.22. The lowest BCUT2D eigenvalue weighted by Crippen LogP contribution is -2.35. The van der Waals surface area contributed by atoms with Gasteiger partial charge < -0.3 is 9.63 Å². The minimum atomic E-state index is -4.42. The number of benzene rings is 2. The van der Waals surface area contributed by atoms with Gasteiger partial charge in [0.2, 0.25) is 11.7 Å². The predicted octanol–water partition coefficient (Wildman–Crippen LogP) is 4.70. The van der Waals surface area contributed by atoms with Crippen molar-refractivity contribution in [2.75, 3.05) is 13.1 Å². The third-order valence-corrected chi connectivity index (χ3v) is 5.49. The highest BCUT2D eigenvalue weighted by Crippen LogP contribution is 2.32. The summed E-state index contributed by atoms with van der Waals surface area (Å²) in [5, 5.41) is 14.4. The molecule has 0 aliphatic carbocycles. The van der Waals surface area contributed by atoms with Crippen molar-refractivity contribution in [1.29, 1.82) is 0 Å². The molecule has 1 unspecified atom stereocenters. The van der Waals surface area contributed by atoms with Gasteiger partial charge in [-0.2, -0.15) is 18.2 Å². The lowest BCUT2D eigenvalue weighted by molar-refractivity contribution is -0.137. The fourth-order valence-electron chi connectivity index (χ4n) is 3.81. The fourth-order valence-corrected chi connectivity index (χ4v) is 3.81.